The smallest absolute Gasteiger partial charge is 0.193 e. The summed E-state index contributed by atoms with van der Waals surface area (Å²) in [6, 6.07) is 2.15. The number of nitrogens with zero attached hydrogens (tertiary/aromatic N) is 4. The molecule has 23 heavy (non-hydrogen) atoms. The molecule has 5 nitrogen and oxygen atoms in total. The molecule has 0 spiro atoms. The van der Waals surface area contributed by atoms with Gasteiger partial charge in [0.15, 0.2) is 5.96 Å². The zero-order valence-electron chi connectivity index (χ0n) is 14.8. The van der Waals surface area contributed by atoms with Crippen molar-refractivity contribution in [3.05, 3.63) is 39.3 Å². The molecule has 2 aromatic heterocycles. The van der Waals surface area contributed by atoms with Crippen molar-refractivity contribution in [1.82, 2.24) is 20.0 Å². The summed E-state index contributed by atoms with van der Waals surface area (Å²) in [5, 5.41) is 12.4. The Balaban J connectivity index is 2.06. The van der Waals surface area contributed by atoms with Gasteiger partial charge in [0.2, 0.25) is 0 Å². The molecule has 0 saturated heterocycles. The van der Waals surface area contributed by atoms with E-state index < -0.39 is 0 Å². The van der Waals surface area contributed by atoms with E-state index >= 15 is 0 Å². The molecule has 0 aromatic carbocycles. The quantitative estimate of drug-likeness (QED) is 0.653. The largest absolute Gasteiger partial charge is 0.352 e. The molecule has 0 amide bonds. The molecule has 0 fully saturated rings. The third-order valence-electron chi connectivity index (χ3n) is 4.02. The molecule has 0 radical (unpaired) electrons. The van der Waals surface area contributed by atoms with E-state index in [1.165, 1.54) is 22.5 Å². The lowest BCUT2D eigenvalue weighted by Gasteiger charge is -2.22. The summed E-state index contributed by atoms with van der Waals surface area (Å²) < 4.78 is 2.01. The van der Waals surface area contributed by atoms with Gasteiger partial charge in [0.1, 0.15) is 0 Å². The van der Waals surface area contributed by atoms with Crippen LogP contribution in [-0.2, 0) is 33.0 Å². The molecule has 0 aliphatic rings. The van der Waals surface area contributed by atoms with E-state index in [1.807, 2.05) is 18.8 Å². The average Bonchev–Trinajstić information content (AvgIpc) is 3.15. The zero-order valence-corrected chi connectivity index (χ0v) is 15.6. The average molecular weight is 334 g/mol. The number of nitrogens with one attached hydrogen (secondary N) is 1. The second kappa shape index (κ2) is 8.15. The molecule has 0 bridgehead atoms. The summed E-state index contributed by atoms with van der Waals surface area (Å²) >= 11 is 1.73. The van der Waals surface area contributed by atoms with Crippen molar-refractivity contribution < 1.29 is 0 Å². The fourth-order valence-corrected chi connectivity index (χ4v) is 3.54. The molecular formula is C17H27N5S. The van der Waals surface area contributed by atoms with Crippen LogP contribution in [0.1, 0.15) is 36.4 Å². The highest BCUT2D eigenvalue weighted by atomic mass is 32.1. The van der Waals surface area contributed by atoms with Gasteiger partial charge < -0.3 is 10.2 Å². The molecule has 1 N–H and O–H groups in total. The van der Waals surface area contributed by atoms with Crippen LogP contribution in [0.25, 0.3) is 0 Å². The Kier molecular flexibility index (Phi) is 6.21. The Hall–Kier alpha value is -1.82. The van der Waals surface area contributed by atoms with Crippen molar-refractivity contribution in [3.63, 3.8) is 0 Å². The molecule has 2 aromatic rings. The van der Waals surface area contributed by atoms with Gasteiger partial charge in [0.25, 0.3) is 0 Å². The van der Waals surface area contributed by atoms with Crippen LogP contribution >= 0.6 is 11.3 Å². The maximum atomic E-state index is 4.63. The van der Waals surface area contributed by atoms with Gasteiger partial charge in [-0.25, -0.2) is 0 Å². The van der Waals surface area contributed by atoms with E-state index in [1.54, 1.807) is 11.3 Å². The van der Waals surface area contributed by atoms with E-state index in [0.29, 0.717) is 0 Å². The summed E-state index contributed by atoms with van der Waals surface area (Å²) in [4.78, 5) is 6.56. The zero-order chi connectivity index (χ0) is 16.8. The second-order valence-corrected chi connectivity index (χ2v) is 6.37. The first-order valence-electron chi connectivity index (χ1n) is 8.07. The highest BCUT2D eigenvalue weighted by Crippen LogP contribution is 2.15. The summed E-state index contributed by atoms with van der Waals surface area (Å²) in [5.41, 5.74) is 5.09. The summed E-state index contributed by atoms with van der Waals surface area (Å²) in [6.07, 6.45) is 1.94. The van der Waals surface area contributed by atoms with Crippen LogP contribution in [0.5, 0.6) is 0 Å². The van der Waals surface area contributed by atoms with Gasteiger partial charge in [-0.05, 0) is 35.2 Å². The lowest BCUT2D eigenvalue weighted by atomic mass is 10.1. The van der Waals surface area contributed by atoms with Crippen molar-refractivity contribution in [2.45, 2.75) is 39.8 Å². The first-order chi connectivity index (χ1) is 11.1. The Bertz CT molecular complexity index is 642. The van der Waals surface area contributed by atoms with Crippen molar-refractivity contribution >= 4 is 17.3 Å². The fraction of sp³-hybridized carbons (Fsp3) is 0.529. The van der Waals surface area contributed by atoms with Crippen LogP contribution in [0.4, 0.5) is 0 Å². The Morgan fingerprint density at radius 1 is 1.39 bits per heavy atom. The molecule has 126 valence electrons. The number of hydrogen-bond donors (Lipinski definition) is 1. The van der Waals surface area contributed by atoms with E-state index in [2.05, 4.69) is 58.0 Å². The number of guanidine groups is 1. The highest BCUT2D eigenvalue weighted by Gasteiger charge is 2.15. The Morgan fingerprint density at radius 3 is 2.74 bits per heavy atom. The van der Waals surface area contributed by atoms with E-state index in [-0.39, 0.29) is 0 Å². The summed E-state index contributed by atoms with van der Waals surface area (Å²) in [7, 11) is 5.92. The Morgan fingerprint density at radius 2 is 2.17 bits per heavy atom. The number of hydrogen-bond acceptors (Lipinski definition) is 3. The minimum Gasteiger partial charge on any atom is -0.352 e. The summed E-state index contributed by atoms with van der Waals surface area (Å²) in [5.74, 6) is 0.907. The molecule has 0 unspecified atom stereocenters. The fourth-order valence-electron chi connectivity index (χ4n) is 2.88. The van der Waals surface area contributed by atoms with Gasteiger partial charge in [0, 0.05) is 45.5 Å². The SMILES string of the molecule is CCc1nn(C)c(CC)c1CNC(=NC)N(C)Cc1ccsc1. The van der Waals surface area contributed by atoms with Gasteiger partial charge in [-0.1, -0.05) is 13.8 Å². The number of thiophene rings is 1. The predicted octanol–water partition coefficient (Wildman–Crippen LogP) is 2.81. The molecule has 2 rings (SSSR count). The third-order valence-corrected chi connectivity index (χ3v) is 4.76. The van der Waals surface area contributed by atoms with Crippen LogP contribution < -0.4 is 5.32 Å². The molecular weight excluding hydrogens is 306 g/mol. The van der Waals surface area contributed by atoms with E-state index in [4.69, 9.17) is 0 Å². The minimum atomic E-state index is 0.765. The van der Waals surface area contributed by atoms with Crippen LogP contribution in [0.15, 0.2) is 21.8 Å². The van der Waals surface area contributed by atoms with E-state index in [9.17, 15) is 0 Å². The lowest BCUT2D eigenvalue weighted by Crippen LogP contribution is -2.38. The van der Waals surface area contributed by atoms with Gasteiger partial charge in [-0.3, -0.25) is 9.67 Å². The third kappa shape index (κ3) is 4.13. The van der Waals surface area contributed by atoms with Gasteiger partial charge in [0.05, 0.1) is 5.69 Å². The van der Waals surface area contributed by atoms with Crippen molar-refractivity contribution in [2.24, 2.45) is 12.0 Å². The number of aliphatic imine (C=N–C) groups is 1. The predicted molar refractivity (Wildman–Crippen MR) is 97.9 cm³/mol. The standard InChI is InChI=1S/C17H27N5S/c1-6-15-14(16(7-2)22(5)20-15)10-19-17(18-3)21(4)11-13-8-9-23-12-13/h8-9,12H,6-7,10-11H2,1-5H3,(H,18,19). The monoisotopic (exact) mass is 333 g/mol. The van der Waals surface area contributed by atoms with Gasteiger partial charge in [-0.15, -0.1) is 0 Å². The van der Waals surface area contributed by atoms with Crippen LogP contribution in [0.3, 0.4) is 0 Å². The maximum Gasteiger partial charge on any atom is 0.193 e. The number of aromatic nitrogens is 2. The normalized spacial score (nSPS) is 11.8. The highest BCUT2D eigenvalue weighted by molar-refractivity contribution is 7.07. The second-order valence-electron chi connectivity index (χ2n) is 5.59. The first kappa shape index (κ1) is 17.5. The van der Waals surface area contributed by atoms with Crippen molar-refractivity contribution in [2.75, 3.05) is 14.1 Å². The topological polar surface area (TPSA) is 45.5 Å². The van der Waals surface area contributed by atoms with Crippen LogP contribution in [-0.4, -0.2) is 34.7 Å². The first-order valence-corrected chi connectivity index (χ1v) is 9.01. The van der Waals surface area contributed by atoms with Gasteiger partial charge >= 0.3 is 0 Å². The Labute approximate surface area is 143 Å². The van der Waals surface area contributed by atoms with Crippen LogP contribution in [0, 0.1) is 0 Å². The minimum absolute atomic E-state index is 0.765. The van der Waals surface area contributed by atoms with Crippen molar-refractivity contribution in [1.29, 1.82) is 0 Å². The molecule has 6 heteroatoms. The van der Waals surface area contributed by atoms with E-state index in [0.717, 1.165) is 31.9 Å². The van der Waals surface area contributed by atoms with Crippen LogP contribution in [0.2, 0.25) is 0 Å². The van der Waals surface area contributed by atoms with Gasteiger partial charge in [-0.2, -0.15) is 16.4 Å². The number of aryl methyl sites for hydroxylation is 2. The molecule has 0 aliphatic carbocycles. The number of rotatable bonds is 6. The molecule has 0 aliphatic heterocycles. The maximum absolute atomic E-state index is 4.63. The molecule has 2 heterocycles. The molecule has 0 atom stereocenters. The summed E-state index contributed by atoms with van der Waals surface area (Å²) in [6.45, 7) is 5.96. The lowest BCUT2D eigenvalue weighted by molar-refractivity contribution is 0.477. The van der Waals surface area contributed by atoms with Crippen molar-refractivity contribution in [3.8, 4) is 0 Å². The molecule has 0 saturated carbocycles.